The summed E-state index contributed by atoms with van der Waals surface area (Å²) in [4.78, 5) is 20.8. The highest BCUT2D eigenvalue weighted by Gasteiger charge is 1.96. The molecule has 0 aliphatic carbocycles. The molecule has 0 aliphatic rings. The molecule has 4 aromatic carbocycles. The summed E-state index contributed by atoms with van der Waals surface area (Å²) in [6.07, 6.45) is 6.76. The van der Waals surface area contributed by atoms with Crippen molar-refractivity contribution in [3.05, 3.63) is 128 Å². The smallest absolute Gasteiger partial charge is 0.116 e. The number of aromatic nitrogens is 5. The number of nitrogens with zero attached hydrogens (tertiary/aromatic N) is 5. The minimum Gasteiger partial charge on any atom is -0.253 e. The molecule has 0 fully saturated rings. The summed E-state index contributed by atoms with van der Waals surface area (Å²) in [5, 5.41) is 3.49. The summed E-state index contributed by atoms with van der Waals surface area (Å²) < 4.78 is 0. The zero-order valence-corrected chi connectivity index (χ0v) is 18.4. The summed E-state index contributed by atoms with van der Waals surface area (Å²) in [6.45, 7) is 0. The summed E-state index contributed by atoms with van der Waals surface area (Å²) in [7, 11) is 0. The fourth-order valence-electron chi connectivity index (χ4n) is 3.55. The fourth-order valence-corrected chi connectivity index (χ4v) is 3.55. The highest BCUT2D eigenvalue weighted by molar-refractivity contribution is 5.92. The van der Waals surface area contributed by atoms with E-state index in [1.807, 2.05) is 91.1 Å². The van der Waals surface area contributed by atoms with E-state index in [9.17, 15) is 0 Å². The third-order valence-electron chi connectivity index (χ3n) is 5.21. The zero-order chi connectivity index (χ0) is 23.0. The van der Waals surface area contributed by atoms with Crippen LogP contribution in [0.25, 0.3) is 43.7 Å². The maximum Gasteiger partial charge on any atom is 0.116 e. The molecule has 3 aromatic heterocycles. The van der Waals surface area contributed by atoms with Crippen molar-refractivity contribution in [3.8, 4) is 0 Å². The van der Waals surface area contributed by atoms with E-state index in [2.05, 4.69) is 43.1 Å². The van der Waals surface area contributed by atoms with Gasteiger partial charge in [-0.15, -0.1) is 0 Å². The maximum absolute atomic E-state index is 4.58. The first kappa shape index (κ1) is 21.1. The lowest BCUT2D eigenvalue weighted by Crippen LogP contribution is -1.80. The van der Waals surface area contributed by atoms with Crippen LogP contribution >= 0.6 is 0 Å². The van der Waals surface area contributed by atoms with Gasteiger partial charge in [-0.1, -0.05) is 66.7 Å². The van der Waals surface area contributed by atoms with E-state index >= 15 is 0 Å². The number of para-hydroxylation sites is 5. The minimum atomic E-state index is 0.949. The molecule has 0 amide bonds. The van der Waals surface area contributed by atoms with Crippen molar-refractivity contribution in [3.63, 3.8) is 0 Å². The molecule has 34 heavy (non-hydrogen) atoms. The highest BCUT2D eigenvalue weighted by Crippen LogP contribution is 2.18. The van der Waals surface area contributed by atoms with Crippen LogP contribution in [0.15, 0.2) is 128 Å². The van der Waals surface area contributed by atoms with E-state index < -0.39 is 0 Å². The Kier molecular flexibility index (Phi) is 6.35. The molecule has 0 atom stereocenters. The number of rotatable bonds is 0. The molecular formula is C29H21N5. The second-order valence-corrected chi connectivity index (χ2v) is 7.50. The van der Waals surface area contributed by atoms with Gasteiger partial charge in [-0.25, -0.2) is 15.0 Å². The van der Waals surface area contributed by atoms with Crippen molar-refractivity contribution in [2.75, 3.05) is 0 Å². The van der Waals surface area contributed by atoms with Crippen molar-refractivity contribution in [2.24, 2.45) is 0 Å². The first-order valence-corrected chi connectivity index (χ1v) is 10.9. The number of benzene rings is 4. The lowest BCUT2D eigenvalue weighted by molar-refractivity contribution is 1.22. The molecule has 0 saturated carbocycles. The fraction of sp³-hybridized carbons (Fsp3) is 0. The predicted molar refractivity (Wildman–Crippen MR) is 138 cm³/mol. The molecule has 7 aromatic rings. The molecule has 0 aliphatic heterocycles. The normalized spacial score (nSPS) is 10.4. The minimum absolute atomic E-state index is 0.949. The molecule has 0 bridgehead atoms. The van der Waals surface area contributed by atoms with Gasteiger partial charge in [0, 0.05) is 34.7 Å². The predicted octanol–water partition coefficient (Wildman–Crippen LogP) is 6.65. The van der Waals surface area contributed by atoms with Gasteiger partial charge in [0.05, 0.1) is 27.6 Å². The van der Waals surface area contributed by atoms with Crippen LogP contribution in [0.3, 0.4) is 0 Å². The summed E-state index contributed by atoms with van der Waals surface area (Å²) in [5.41, 5.74) is 5.02. The third-order valence-corrected chi connectivity index (χ3v) is 5.21. The molecule has 0 radical (unpaired) electrons. The van der Waals surface area contributed by atoms with Gasteiger partial charge in [0.25, 0.3) is 0 Å². The van der Waals surface area contributed by atoms with Gasteiger partial charge in [0.1, 0.15) is 6.33 Å². The quantitative estimate of drug-likeness (QED) is 0.248. The van der Waals surface area contributed by atoms with Crippen molar-refractivity contribution < 1.29 is 0 Å². The summed E-state index contributed by atoms with van der Waals surface area (Å²) in [6, 6.07) is 34.3. The number of fused-ring (bicyclic) bond motifs is 4. The van der Waals surface area contributed by atoms with E-state index in [4.69, 9.17) is 0 Å². The number of hydrogen-bond acceptors (Lipinski definition) is 5. The lowest BCUT2D eigenvalue weighted by Gasteiger charge is -1.99. The standard InChI is InChI=1S/C13H9N.2C8H6N2/c1-3-7-12-10(5-1)9-11-6-2-4-8-13(11)14-12;1-2-4-8-7(3-1)5-9-6-10-8;1-2-4-8-7(3-1)9-5-6-10-8/h1-9H;2*1-6H. The average Bonchev–Trinajstić information content (AvgIpc) is 2.93. The van der Waals surface area contributed by atoms with Gasteiger partial charge >= 0.3 is 0 Å². The summed E-state index contributed by atoms with van der Waals surface area (Å²) in [5.74, 6) is 0. The van der Waals surface area contributed by atoms with E-state index in [1.165, 1.54) is 10.8 Å². The van der Waals surface area contributed by atoms with Crippen LogP contribution in [-0.2, 0) is 0 Å². The molecule has 3 heterocycles. The Bertz CT molecular complexity index is 1370. The molecule has 0 saturated heterocycles. The maximum atomic E-state index is 4.58. The van der Waals surface area contributed by atoms with Crippen LogP contribution in [0, 0.1) is 0 Å². The first-order chi connectivity index (χ1) is 16.9. The third kappa shape index (κ3) is 5.00. The Morgan fingerprint density at radius 1 is 0.412 bits per heavy atom. The molecule has 0 N–H and O–H groups in total. The SMILES string of the molecule is c1ccc2nc3ccccc3cc2c1.c1ccc2nccnc2c1.c1ccc2ncncc2c1. The monoisotopic (exact) mass is 439 g/mol. The molecule has 5 heteroatoms. The van der Waals surface area contributed by atoms with Gasteiger partial charge in [-0.05, 0) is 36.4 Å². The van der Waals surface area contributed by atoms with E-state index in [0.717, 1.165) is 33.0 Å². The molecule has 0 unspecified atom stereocenters. The first-order valence-electron chi connectivity index (χ1n) is 10.9. The van der Waals surface area contributed by atoms with Crippen LogP contribution < -0.4 is 0 Å². The van der Waals surface area contributed by atoms with Crippen LogP contribution in [0.2, 0.25) is 0 Å². The second kappa shape index (κ2) is 10.2. The van der Waals surface area contributed by atoms with Gasteiger partial charge in [0.15, 0.2) is 0 Å². The molecule has 5 nitrogen and oxygen atoms in total. The van der Waals surface area contributed by atoms with E-state index in [1.54, 1.807) is 18.7 Å². The van der Waals surface area contributed by atoms with Gasteiger partial charge in [-0.3, -0.25) is 9.97 Å². The van der Waals surface area contributed by atoms with Crippen molar-refractivity contribution in [1.82, 2.24) is 24.9 Å². The Balaban J connectivity index is 0.000000109. The Morgan fingerprint density at radius 3 is 1.44 bits per heavy atom. The van der Waals surface area contributed by atoms with Gasteiger partial charge in [0.2, 0.25) is 0 Å². The van der Waals surface area contributed by atoms with Crippen molar-refractivity contribution >= 4 is 43.7 Å². The summed E-state index contributed by atoms with van der Waals surface area (Å²) >= 11 is 0. The number of pyridine rings is 1. The molecule has 0 spiro atoms. The Labute approximate surface area is 196 Å². The van der Waals surface area contributed by atoms with E-state index in [-0.39, 0.29) is 0 Å². The van der Waals surface area contributed by atoms with Crippen LogP contribution in [0.4, 0.5) is 0 Å². The number of hydrogen-bond donors (Lipinski definition) is 0. The van der Waals surface area contributed by atoms with Gasteiger partial charge in [-0.2, -0.15) is 0 Å². The van der Waals surface area contributed by atoms with Crippen LogP contribution in [0.5, 0.6) is 0 Å². The zero-order valence-electron chi connectivity index (χ0n) is 18.4. The average molecular weight is 440 g/mol. The highest BCUT2D eigenvalue weighted by atomic mass is 14.8. The molecule has 162 valence electrons. The molecule has 7 rings (SSSR count). The van der Waals surface area contributed by atoms with E-state index in [0.29, 0.717) is 0 Å². The van der Waals surface area contributed by atoms with Crippen LogP contribution in [0.1, 0.15) is 0 Å². The van der Waals surface area contributed by atoms with Crippen molar-refractivity contribution in [2.45, 2.75) is 0 Å². The topological polar surface area (TPSA) is 64.5 Å². The molecular weight excluding hydrogens is 418 g/mol. The largest absolute Gasteiger partial charge is 0.253 e. The second-order valence-electron chi connectivity index (χ2n) is 7.50. The van der Waals surface area contributed by atoms with Crippen LogP contribution in [-0.4, -0.2) is 24.9 Å². The van der Waals surface area contributed by atoms with Crippen molar-refractivity contribution in [1.29, 1.82) is 0 Å². The Hall–Kier alpha value is -4.77. The Morgan fingerprint density at radius 2 is 0.882 bits per heavy atom. The lowest BCUT2D eigenvalue weighted by atomic mass is 10.1. The van der Waals surface area contributed by atoms with Gasteiger partial charge < -0.3 is 0 Å².